The summed E-state index contributed by atoms with van der Waals surface area (Å²) < 4.78 is 0. The van der Waals surface area contributed by atoms with E-state index in [0.717, 1.165) is 11.5 Å². The zero-order valence-corrected chi connectivity index (χ0v) is 10.9. The van der Waals surface area contributed by atoms with Crippen LogP contribution in [-0.2, 0) is 0 Å². The molecule has 0 radical (unpaired) electrons. The highest BCUT2D eigenvalue weighted by atomic mass is 15.3. The number of guanidine groups is 1. The summed E-state index contributed by atoms with van der Waals surface area (Å²) in [5.74, 6) is 7.06. The molecule has 0 aliphatic rings. The van der Waals surface area contributed by atoms with Gasteiger partial charge in [0.1, 0.15) is 6.54 Å². The molecule has 3 nitrogen and oxygen atoms in total. The van der Waals surface area contributed by atoms with Crippen LogP contribution in [0.4, 0.5) is 0 Å². The molecule has 0 unspecified atom stereocenters. The molecule has 1 aromatic rings. The Balaban J connectivity index is 2.63. The average molecular weight is 229 g/mol. The summed E-state index contributed by atoms with van der Waals surface area (Å²) in [6, 6.07) is 9.95. The first kappa shape index (κ1) is 13.1. The van der Waals surface area contributed by atoms with Crippen molar-refractivity contribution in [2.24, 2.45) is 4.99 Å². The predicted molar refractivity (Wildman–Crippen MR) is 73.0 cm³/mol. The van der Waals surface area contributed by atoms with E-state index in [4.69, 9.17) is 0 Å². The van der Waals surface area contributed by atoms with E-state index in [9.17, 15) is 0 Å². The number of benzene rings is 1. The zero-order valence-electron chi connectivity index (χ0n) is 10.9. The third-order valence-electron chi connectivity index (χ3n) is 2.11. The third-order valence-corrected chi connectivity index (χ3v) is 2.11. The van der Waals surface area contributed by atoms with Crippen LogP contribution in [0.1, 0.15) is 5.56 Å². The molecular formula is C14H19N3. The molecule has 0 bridgehead atoms. The fourth-order valence-corrected chi connectivity index (χ4v) is 1.46. The van der Waals surface area contributed by atoms with E-state index in [1.807, 2.05) is 68.3 Å². The Kier molecular flexibility index (Phi) is 5.09. The van der Waals surface area contributed by atoms with Crippen LogP contribution in [0.15, 0.2) is 35.3 Å². The highest BCUT2D eigenvalue weighted by molar-refractivity contribution is 5.79. The van der Waals surface area contributed by atoms with Gasteiger partial charge in [0.05, 0.1) is 0 Å². The predicted octanol–water partition coefficient (Wildman–Crippen LogP) is 1.52. The zero-order chi connectivity index (χ0) is 12.7. The van der Waals surface area contributed by atoms with Crippen LogP contribution < -0.4 is 0 Å². The van der Waals surface area contributed by atoms with Gasteiger partial charge in [-0.1, -0.05) is 30.0 Å². The van der Waals surface area contributed by atoms with Gasteiger partial charge in [0.25, 0.3) is 0 Å². The van der Waals surface area contributed by atoms with Gasteiger partial charge in [-0.05, 0) is 12.1 Å². The fourth-order valence-electron chi connectivity index (χ4n) is 1.46. The van der Waals surface area contributed by atoms with Crippen LogP contribution >= 0.6 is 0 Å². The summed E-state index contributed by atoms with van der Waals surface area (Å²) in [6.45, 7) is 0.514. The van der Waals surface area contributed by atoms with E-state index in [0.29, 0.717) is 6.54 Å². The van der Waals surface area contributed by atoms with Gasteiger partial charge in [-0.25, -0.2) is 4.99 Å². The minimum Gasteiger partial charge on any atom is -0.349 e. The Bertz CT molecular complexity index is 412. The van der Waals surface area contributed by atoms with Crippen molar-refractivity contribution in [2.45, 2.75) is 0 Å². The van der Waals surface area contributed by atoms with Crippen LogP contribution in [0.3, 0.4) is 0 Å². The van der Waals surface area contributed by atoms with E-state index in [2.05, 4.69) is 16.8 Å². The maximum Gasteiger partial charge on any atom is 0.196 e. The van der Waals surface area contributed by atoms with Gasteiger partial charge in [0.2, 0.25) is 0 Å². The third kappa shape index (κ3) is 4.60. The Labute approximate surface area is 104 Å². The molecule has 3 heteroatoms. The summed E-state index contributed by atoms with van der Waals surface area (Å²) in [7, 11) is 7.90. The van der Waals surface area contributed by atoms with Gasteiger partial charge >= 0.3 is 0 Å². The number of rotatable bonds is 1. The lowest BCUT2D eigenvalue weighted by atomic mass is 10.2. The second-order valence-corrected chi connectivity index (χ2v) is 4.07. The average Bonchev–Trinajstić information content (AvgIpc) is 2.29. The van der Waals surface area contributed by atoms with Crippen molar-refractivity contribution in [3.8, 4) is 11.8 Å². The normalized spacial score (nSPS) is 8.94. The topological polar surface area (TPSA) is 18.8 Å². The quantitative estimate of drug-likeness (QED) is 0.413. The number of hydrogen-bond donors (Lipinski definition) is 0. The van der Waals surface area contributed by atoms with Crippen LogP contribution in [0, 0.1) is 11.8 Å². The molecule has 0 fully saturated rings. The molecule has 0 N–H and O–H groups in total. The monoisotopic (exact) mass is 229 g/mol. The second kappa shape index (κ2) is 6.59. The number of nitrogens with zero attached hydrogens (tertiary/aromatic N) is 3. The van der Waals surface area contributed by atoms with Crippen molar-refractivity contribution < 1.29 is 0 Å². The lowest BCUT2D eigenvalue weighted by molar-refractivity contribution is 0.481. The molecule has 0 atom stereocenters. The van der Waals surface area contributed by atoms with Crippen molar-refractivity contribution in [1.29, 1.82) is 0 Å². The van der Waals surface area contributed by atoms with Gasteiger partial charge in [-0.2, -0.15) is 0 Å². The molecule has 17 heavy (non-hydrogen) atoms. The van der Waals surface area contributed by atoms with E-state index < -0.39 is 0 Å². The van der Waals surface area contributed by atoms with Crippen molar-refractivity contribution in [2.75, 3.05) is 34.7 Å². The summed E-state index contributed by atoms with van der Waals surface area (Å²) in [5.41, 5.74) is 1.03. The van der Waals surface area contributed by atoms with Gasteiger partial charge < -0.3 is 9.80 Å². The lowest BCUT2D eigenvalue weighted by Gasteiger charge is -2.22. The molecule has 0 spiro atoms. The molecule has 0 amide bonds. The molecule has 1 aromatic carbocycles. The first-order valence-electron chi connectivity index (χ1n) is 5.54. The lowest BCUT2D eigenvalue weighted by Crippen LogP contribution is -2.35. The molecule has 90 valence electrons. The summed E-state index contributed by atoms with van der Waals surface area (Å²) in [5, 5.41) is 0. The number of aliphatic imine (C=N–C) groups is 1. The second-order valence-electron chi connectivity index (χ2n) is 4.07. The van der Waals surface area contributed by atoms with Crippen molar-refractivity contribution in [3.05, 3.63) is 35.9 Å². The van der Waals surface area contributed by atoms with Gasteiger partial charge in [-0.15, -0.1) is 0 Å². The highest BCUT2D eigenvalue weighted by Crippen LogP contribution is 1.94. The van der Waals surface area contributed by atoms with Gasteiger partial charge in [-0.3, -0.25) is 0 Å². The maximum absolute atomic E-state index is 4.43. The molecule has 0 aromatic heterocycles. The van der Waals surface area contributed by atoms with Gasteiger partial charge in [0.15, 0.2) is 5.96 Å². The first-order valence-corrected chi connectivity index (χ1v) is 5.54. The minimum atomic E-state index is 0.514. The standard InChI is InChI=1S/C14H19N3/c1-16(2)14(17(3)4)15-12-8-11-13-9-6-5-7-10-13/h5-7,9-10H,12H2,1-4H3. The molecule has 0 saturated carbocycles. The van der Waals surface area contributed by atoms with Gasteiger partial charge in [0, 0.05) is 33.8 Å². The van der Waals surface area contributed by atoms with Crippen molar-refractivity contribution in [3.63, 3.8) is 0 Å². The summed E-state index contributed by atoms with van der Waals surface area (Å²) in [4.78, 5) is 8.39. The Morgan fingerprint density at radius 3 is 2.18 bits per heavy atom. The van der Waals surface area contributed by atoms with Crippen molar-refractivity contribution >= 4 is 5.96 Å². The SMILES string of the molecule is CN(C)C(=NCC#Cc1ccccc1)N(C)C. The van der Waals surface area contributed by atoms with E-state index in [-0.39, 0.29) is 0 Å². The molecule has 1 rings (SSSR count). The van der Waals surface area contributed by atoms with Crippen LogP contribution in [-0.4, -0.2) is 50.5 Å². The summed E-state index contributed by atoms with van der Waals surface area (Å²) >= 11 is 0. The fraction of sp³-hybridized carbons (Fsp3) is 0.357. The van der Waals surface area contributed by atoms with E-state index in [1.165, 1.54) is 0 Å². The Hall–Kier alpha value is -1.95. The first-order chi connectivity index (χ1) is 8.11. The van der Waals surface area contributed by atoms with Crippen LogP contribution in [0.25, 0.3) is 0 Å². The maximum atomic E-state index is 4.43. The van der Waals surface area contributed by atoms with E-state index in [1.54, 1.807) is 0 Å². The molecular weight excluding hydrogens is 210 g/mol. The highest BCUT2D eigenvalue weighted by Gasteiger charge is 2.01. The smallest absolute Gasteiger partial charge is 0.196 e. The molecule has 0 aliphatic carbocycles. The van der Waals surface area contributed by atoms with Crippen molar-refractivity contribution in [1.82, 2.24) is 9.80 Å². The van der Waals surface area contributed by atoms with Crippen LogP contribution in [0.5, 0.6) is 0 Å². The number of hydrogen-bond acceptors (Lipinski definition) is 1. The molecule has 0 aliphatic heterocycles. The molecule has 0 heterocycles. The van der Waals surface area contributed by atoms with Crippen LogP contribution in [0.2, 0.25) is 0 Å². The van der Waals surface area contributed by atoms with E-state index >= 15 is 0 Å². The minimum absolute atomic E-state index is 0.514. The Morgan fingerprint density at radius 2 is 1.65 bits per heavy atom. The Morgan fingerprint density at radius 1 is 1.06 bits per heavy atom. The summed E-state index contributed by atoms with van der Waals surface area (Å²) in [6.07, 6.45) is 0. The molecule has 0 saturated heterocycles. The largest absolute Gasteiger partial charge is 0.349 e.